The lowest BCUT2D eigenvalue weighted by Crippen LogP contribution is -2.43. The molecule has 1 aromatic carbocycles. The summed E-state index contributed by atoms with van der Waals surface area (Å²) in [6.07, 6.45) is 1.10. The second-order valence-electron chi connectivity index (χ2n) is 8.41. The third-order valence-electron chi connectivity index (χ3n) is 4.49. The predicted octanol–water partition coefficient (Wildman–Crippen LogP) is 2.95. The van der Waals surface area contributed by atoms with E-state index in [0.717, 1.165) is 62.4 Å². The second kappa shape index (κ2) is 12.5. The summed E-state index contributed by atoms with van der Waals surface area (Å²) in [5, 5.41) is 6.39. The Morgan fingerprint density at radius 2 is 1.97 bits per heavy atom. The number of amides is 1. The van der Waals surface area contributed by atoms with Crippen LogP contribution in [0.1, 0.15) is 39.7 Å². The van der Waals surface area contributed by atoms with E-state index in [1.807, 2.05) is 39.8 Å². The van der Waals surface area contributed by atoms with Crippen molar-refractivity contribution in [1.82, 2.24) is 15.5 Å². The number of carbonyl (C=O) groups is 1. The Bertz CT molecular complexity index is 673. The summed E-state index contributed by atoms with van der Waals surface area (Å²) >= 11 is 3.57. The van der Waals surface area contributed by atoms with Crippen molar-refractivity contribution in [2.75, 3.05) is 52.6 Å². The number of carbonyl (C=O) groups excluding carboxylic acids is 1. The lowest BCUT2D eigenvalue weighted by atomic mass is 10.1. The lowest BCUT2D eigenvalue weighted by Gasteiger charge is -2.26. The number of nitrogens with zero attached hydrogens (tertiary/aromatic N) is 1. The van der Waals surface area contributed by atoms with Crippen LogP contribution < -0.4 is 20.1 Å². The highest BCUT2D eigenvalue weighted by Gasteiger charge is 2.17. The first-order chi connectivity index (χ1) is 14.3. The van der Waals surface area contributed by atoms with E-state index >= 15 is 0 Å². The van der Waals surface area contributed by atoms with Crippen molar-refractivity contribution < 1.29 is 19.0 Å². The summed E-state index contributed by atoms with van der Waals surface area (Å²) in [4.78, 5) is 14.5. The monoisotopic (exact) mass is 485 g/mol. The Hall–Kier alpha value is -1.35. The van der Waals surface area contributed by atoms with Crippen molar-refractivity contribution in [3.8, 4) is 11.5 Å². The molecule has 7 nitrogen and oxygen atoms in total. The normalized spacial score (nSPS) is 15.1. The van der Waals surface area contributed by atoms with Gasteiger partial charge in [-0.05, 0) is 80.8 Å². The van der Waals surface area contributed by atoms with Crippen molar-refractivity contribution >= 4 is 21.8 Å². The molecule has 1 aromatic rings. The van der Waals surface area contributed by atoms with Gasteiger partial charge in [0.15, 0.2) is 18.1 Å². The minimum atomic E-state index is -0.294. The Morgan fingerprint density at radius 1 is 1.23 bits per heavy atom. The molecule has 30 heavy (non-hydrogen) atoms. The third-order valence-corrected chi connectivity index (χ3v) is 5.08. The SMILES string of the molecule is CCOc1cc(CNCCCN2CCOCC2)cc(Br)c1OCC(=O)NC(C)(C)C. The number of hydrogen-bond acceptors (Lipinski definition) is 6. The Kier molecular flexibility index (Phi) is 10.4. The molecule has 170 valence electrons. The van der Waals surface area contributed by atoms with E-state index in [1.54, 1.807) is 0 Å². The van der Waals surface area contributed by atoms with Gasteiger partial charge in [0.2, 0.25) is 0 Å². The average molecular weight is 486 g/mol. The molecular formula is C22H36BrN3O4. The van der Waals surface area contributed by atoms with Gasteiger partial charge in [-0.25, -0.2) is 0 Å². The van der Waals surface area contributed by atoms with Crippen LogP contribution in [-0.2, 0) is 16.1 Å². The molecule has 0 unspecified atom stereocenters. The van der Waals surface area contributed by atoms with Gasteiger partial charge in [0.1, 0.15) is 0 Å². The fraction of sp³-hybridized carbons (Fsp3) is 0.682. The number of hydrogen-bond donors (Lipinski definition) is 2. The largest absolute Gasteiger partial charge is 0.490 e. The van der Waals surface area contributed by atoms with Gasteiger partial charge in [-0.15, -0.1) is 0 Å². The summed E-state index contributed by atoms with van der Waals surface area (Å²) in [6.45, 7) is 14.7. The number of halogens is 1. The average Bonchev–Trinajstić information content (AvgIpc) is 2.67. The van der Waals surface area contributed by atoms with Crippen molar-refractivity contribution in [2.24, 2.45) is 0 Å². The number of benzene rings is 1. The molecule has 0 saturated carbocycles. The number of ether oxygens (including phenoxy) is 3. The first-order valence-electron chi connectivity index (χ1n) is 10.7. The molecule has 1 aliphatic heterocycles. The van der Waals surface area contributed by atoms with Crippen LogP contribution in [0.2, 0.25) is 0 Å². The predicted molar refractivity (Wildman–Crippen MR) is 122 cm³/mol. The van der Waals surface area contributed by atoms with Crippen LogP contribution >= 0.6 is 15.9 Å². The summed E-state index contributed by atoms with van der Waals surface area (Å²) in [6, 6.07) is 3.98. The number of morpholine rings is 1. The van der Waals surface area contributed by atoms with Crippen molar-refractivity contribution in [3.63, 3.8) is 0 Å². The van der Waals surface area contributed by atoms with Crippen molar-refractivity contribution in [2.45, 2.75) is 46.2 Å². The quantitative estimate of drug-likeness (QED) is 0.469. The van der Waals surface area contributed by atoms with E-state index in [4.69, 9.17) is 14.2 Å². The first-order valence-corrected chi connectivity index (χ1v) is 11.5. The Labute approximate surface area is 188 Å². The Balaban J connectivity index is 1.85. The second-order valence-corrected chi connectivity index (χ2v) is 9.26. The van der Waals surface area contributed by atoms with E-state index < -0.39 is 0 Å². The van der Waals surface area contributed by atoms with Gasteiger partial charge in [0.25, 0.3) is 5.91 Å². The minimum Gasteiger partial charge on any atom is -0.490 e. The smallest absolute Gasteiger partial charge is 0.258 e. The molecule has 0 aromatic heterocycles. The van der Waals surface area contributed by atoms with Crippen LogP contribution in [0.5, 0.6) is 11.5 Å². The third kappa shape index (κ3) is 9.20. The van der Waals surface area contributed by atoms with E-state index in [0.29, 0.717) is 18.1 Å². The molecule has 8 heteroatoms. The van der Waals surface area contributed by atoms with Gasteiger partial charge < -0.3 is 24.8 Å². The molecule has 0 spiro atoms. The zero-order valence-electron chi connectivity index (χ0n) is 18.7. The molecular weight excluding hydrogens is 450 g/mol. The van der Waals surface area contributed by atoms with Gasteiger partial charge in [-0.1, -0.05) is 0 Å². The molecule has 1 saturated heterocycles. The standard InChI is InChI=1S/C22H36BrN3O4/c1-5-29-19-14-17(15-24-7-6-8-26-9-11-28-12-10-26)13-18(23)21(19)30-16-20(27)25-22(2,3)4/h13-14,24H,5-12,15-16H2,1-4H3,(H,25,27). The van der Waals surface area contributed by atoms with Crippen LogP contribution in [-0.4, -0.2) is 69.0 Å². The van der Waals surface area contributed by atoms with Crippen LogP contribution in [0.4, 0.5) is 0 Å². The van der Waals surface area contributed by atoms with Crippen LogP contribution in [0, 0.1) is 0 Å². The molecule has 1 heterocycles. The molecule has 0 aliphatic carbocycles. The summed E-state index contributed by atoms with van der Waals surface area (Å²) < 4.78 is 17.7. The molecule has 1 amide bonds. The van der Waals surface area contributed by atoms with Crippen LogP contribution in [0.25, 0.3) is 0 Å². The fourth-order valence-corrected chi connectivity index (χ4v) is 3.81. The van der Waals surface area contributed by atoms with Gasteiger partial charge in [0.05, 0.1) is 24.3 Å². The molecule has 1 aliphatic rings. The summed E-state index contributed by atoms with van der Waals surface area (Å²) in [5.74, 6) is 1.03. The molecule has 0 atom stereocenters. The van der Waals surface area contributed by atoms with Crippen molar-refractivity contribution in [3.05, 3.63) is 22.2 Å². The van der Waals surface area contributed by atoms with E-state index in [1.165, 1.54) is 0 Å². The van der Waals surface area contributed by atoms with Gasteiger partial charge in [0, 0.05) is 25.2 Å². The maximum Gasteiger partial charge on any atom is 0.258 e. The number of rotatable bonds is 11. The maximum absolute atomic E-state index is 12.1. The highest BCUT2D eigenvalue weighted by molar-refractivity contribution is 9.10. The molecule has 1 fully saturated rings. The van der Waals surface area contributed by atoms with Gasteiger partial charge >= 0.3 is 0 Å². The molecule has 0 radical (unpaired) electrons. The van der Waals surface area contributed by atoms with Gasteiger partial charge in [-0.3, -0.25) is 9.69 Å². The van der Waals surface area contributed by atoms with Crippen molar-refractivity contribution in [1.29, 1.82) is 0 Å². The van der Waals surface area contributed by atoms with E-state index in [2.05, 4.69) is 31.5 Å². The first kappa shape index (κ1) is 24.9. The fourth-order valence-electron chi connectivity index (χ4n) is 3.20. The van der Waals surface area contributed by atoms with E-state index in [9.17, 15) is 4.79 Å². The lowest BCUT2D eigenvalue weighted by molar-refractivity contribution is -0.124. The maximum atomic E-state index is 12.1. The molecule has 2 rings (SSSR count). The summed E-state index contributed by atoms with van der Waals surface area (Å²) in [7, 11) is 0. The minimum absolute atomic E-state index is 0.0604. The zero-order valence-corrected chi connectivity index (χ0v) is 20.3. The molecule has 2 N–H and O–H groups in total. The summed E-state index contributed by atoms with van der Waals surface area (Å²) in [5.41, 5.74) is 0.806. The van der Waals surface area contributed by atoms with Gasteiger partial charge in [-0.2, -0.15) is 0 Å². The highest BCUT2D eigenvalue weighted by Crippen LogP contribution is 2.37. The molecule has 0 bridgehead atoms. The van der Waals surface area contributed by atoms with Crippen LogP contribution in [0.3, 0.4) is 0 Å². The highest BCUT2D eigenvalue weighted by atomic mass is 79.9. The van der Waals surface area contributed by atoms with Crippen LogP contribution in [0.15, 0.2) is 16.6 Å². The topological polar surface area (TPSA) is 72.1 Å². The zero-order chi connectivity index (χ0) is 22.0. The Morgan fingerprint density at radius 3 is 2.63 bits per heavy atom. The number of nitrogens with one attached hydrogen (secondary N) is 2. The van der Waals surface area contributed by atoms with E-state index in [-0.39, 0.29) is 18.1 Å².